The van der Waals surface area contributed by atoms with Gasteiger partial charge in [0.15, 0.2) is 5.13 Å². The molecule has 5 heterocycles. The van der Waals surface area contributed by atoms with Crippen LogP contribution in [0, 0.1) is 0 Å². The molecule has 1 amide bonds. The van der Waals surface area contributed by atoms with Gasteiger partial charge < -0.3 is 20.0 Å². The standard InChI is InChI=1S/C22H25N9OS/c1-29(2)14-20(32)31-9-7-30(8-10-31)16-5-6-23-19(11-16)28-22-27-18-4-3-17(26-21(18)33-22)15-12-24-25-13-15/h3-6,11-13H,7-10,14H2,1-2H3,(H,24,25)(H,23,27,28). The van der Waals surface area contributed by atoms with Gasteiger partial charge in [0.25, 0.3) is 0 Å². The summed E-state index contributed by atoms with van der Waals surface area (Å²) in [6, 6.07) is 7.93. The molecule has 0 saturated carbocycles. The molecule has 4 aromatic rings. The van der Waals surface area contributed by atoms with Gasteiger partial charge in [0.1, 0.15) is 16.2 Å². The van der Waals surface area contributed by atoms with Crippen molar-refractivity contribution in [2.24, 2.45) is 0 Å². The maximum Gasteiger partial charge on any atom is 0.236 e. The smallest absolute Gasteiger partial charge is 0.236 e. The zero-order chi connectivity index (χ0) is 22.8. The number of aromatic amines is 1. The molecule has 1 aliphatic heterocycles. The number of carbonyl (C=O) groups is 1. The Bertz CT molecular complexity index is 1250. The number of nitrogens with one attached hydrogen (secondary N) is 2. The van der Waals surface area contributed by atoms with Gasteiger partial charge in [-0.2, -0.15) is 5.10 Å². The average molecular weight is 464 g/mol. The lowest BCUT2D eigenvalue weighted by Gasteiger charge is -2.36. The molecule has 0 spiro atoms. The number of hydrogen-bond donors (Lipinski definition) is 2. The molecule has 1 saturated heterocycles. The number of amides is 1. The van der Waals surface area contributed by atoms with Crippen LogP contribution in [0.4, 0.5) is 16.6 Å². The first kappa shape index (κ1) is 21.3. The van der Waals surface area contributed by atoms with Gasteiger partial charge in [-0.3, -0.25) is 9.89 Å². The Morgan fingerprint density at radius 2 is 2.03 bits per heavy atom. The predicted octanol–water partition coefficient (Wildman–Crippen LogP) is 2.43. The molecule has 10 nitrogen and oxygen atoms in total. The van der Waals surface area contributed by atoms with Gasteiger partial charge in [-0.1, -0.05) is 11.3 Å². The van der Waals surface area contributed by atoms with Crippen molar-refractivity contribution in [2.75, 3.05) is 57.0 Å². The van der Waals surface area contributed by atoms with Crippen molar-refractivity contribution in [3.63, 3.8) is 0 Å². The van der Waals surface area contributed by atoms with Crippen LogP contribution in [0.25, 0.3) is 21.6 Å². The molecule has 2 N–H and O–H groups in total. The van der Waals surface area contributed by atoms with Crippen LogP contribution in [-0.2, 0) is 4.79 Å². The molecule has 170 valence electrons. The lowest BCUT2D eigenvalue weighted by Crippen LogP contribution is -2.50. The molecule has 5 rings (SSSR count). The summed E-state index contributed by atoms with van der Waals surface area (Å²) >= 11 is 1.49. The zero-order valence-corrected chi connectivity index (χ0v) is 19.3. The first-order chi connectivity index (χ1) is 16.0. The minimum atomic E-state index is 0.178. The van der Waals surface area contributed by atoms with E-state index in [1.54, 1.807) is 12.4 Å². The quantitative estimate of drug-likeness (QED) is 0.449. The van der Waals surface area contributed by atoms with Crippen LogP contribution in [0.15, 0.2) is 42.9 Å². The highest BCUT2D eigenvalue weighted by Crippen LogP contribution is 2.29. The Labute approximate surface area is 195 Å². The molecule has 0 unspecified atom stereocenters. The second-order valence-electron chi connectivity index (χ2n) is 8.16. The highest BCUT2D eigenvalue weighted by molar-refractivity contribution is 7.21. The topological polar surface area (TPSA) is 106 Å². The van der Waals surface area contributed by atoms with E-state index in [2.05, 4.69) is 30.4 Å². The third-order valence-electron chi connectivity index (χ3n) is 5.48. The summed E-state index contributed by atoms with van der Waals surface area (Å²) in [7, 11) is 3.83. The van der Waals surface area contributed by atoms with Crippen LogP contribution in [0.5, 0.6) is 0 Å². The van der Waals surface area contributed by atoms with E-state index in [0.29, 0.717) is 6.54 Å². The summed E-state index contributed by atoms with van der Waals surface area (Å²) in [6.45, 7) is 3.49. The summed E-state index contributed by atoms with van der Waals surface area (Å²) in [6.07, 6.45) is 5.37. The van der Waals surface area contributed by atoms with Gasteiger partial charge in [-0.25, -0.2) is 15.0 Å². The van der Waals surface area contributed by atoms with Crippen molar-refractivity contribution in [2.45, 2.75) is 0 Å². The number of fused-ring (bicyclic) bond motifs is 1. The molecule has 1 aliphatic rings. The molecular formula is C22H25N9OS. The molecule has 0 atom stereocenters. The number of carbonyl (C=O) groups excluding carboxylic acids is 1. The van der Waals surface area contributed by atoms with E-state index in [9.17, 15) is 4.79 Å². The molecule has 0 radical (unpaired) electrons. The molecule has 4 aromatic heterocycles. The average Bonchev–Trinajstić information content (AvgIpc) is 3.48. The van der Waals surface area contributed by atoms with Gasteiger partial charge in [0.2, 0.25) is 5.91 Å². The van der Waals surface area contributed by atoms with Crippen molar-refractivity contribution < 1.29 is 4.79 Å². The molecule has 0 bridgehead atoms. The Kier molecular flexibility index (Phi) is 5.88. The van der Waals surface area contributed by atoms with Crippen LogP contribution < -0.4 is 10.2 Å². The number of aromatic nitrogens is 5. The van der Waals surface area contributed by atoms with E-state index in [1.807, 2.05) is 54.4 Å². The normalized spacial score (nSPS) is 14.3. The van der Waals surface area contributed by atoms with E-state index in [4.69, 9.17) is 4.98 Å². The van der Waals surface area contributed by atoms with E-state index in [-0.39, 0.29) is 5.91 Å². The summed E-state index contributed by atoms with van der Waals surface area (Å²) in [5.74, 6) is 0.907. The van der Waals surface area contributed by atoms with Gasteiger partial charge in [0, 0.05) is 55.9 Å². The summed E-state index contributed by atoms with van der Waals surface area (Å²) in [5, 5.41) is 10.9. The molecule has 1 fully saturated rings. The largest absolute Gasteiger partial charge is 0.368 e. The fraction of sp³-hybridized carbons (Fsp3) is 0.318. The van der Waals surface area contributed by atoms with E-state index < -0.39 is 0 Å². The summed E-state index contributed by atoms with van der Waals surface area (Å²) < 4.78 is 0. The highest BCUT2D eigenvalue weighted by Gasteiger charge is 2.22. The lowest BCUT2D eigenvalue weighted by atomic mass is 10.2. The predicted molar refractivity (Wildman–Crippen MR) is 130 cm³/mol. The second-order valence-corrected chi connectivity index (χ2v) is 9.13. The van der Waals surface area contributed by atoms with E-state index in [0.717, 1.165) is 64.4 Å². The molecule has 33 heavy (non-hydrogen) atoms. The van der Waals surface area contributed by atoms with Crippen molar-refractivity contribution in [1.82, 2.24) is 34.9 Å². The number of anilines is 3. The summed E-state index contributed by atoms with van der Waals surface area (Å²) in [4.78, 5) is 33.1. The number of hydrogen-bond acceptors (Lipinski definition) is 9. The summed E-state index contributed by atoms with van der Waals surface area (Å²) in [5.41, 5.74) is 3.71. The van der Waals surface area contributed by atoms with Crippen LogP contribution in [0.3, 0.4) is 0 Å². The minimum absolute atomic E-state index is 0.178. The van der Waals surface area contributed by atoms with Crippen molar-refractivity contribution in [1.29, 1.82) is 0 Å². The molecule has 0 aromatic carbocycles. The third kappa shape index (κ3) is 4.78. The van der Waals surface area contributed by atoms with Crippen molar-refractivity contribution in [3.8, 4) is 11.3 Å². The van der Waals surface area contributed by atoms with E-state index >= 15 is 0 Å². The monoisotopic (exact) mass is 463 g/mol. The lowest BCUT2D eigenvalue weighted by molar-refractivity contribution is -0.132. The SMILES string of the molecule is CN(C)CC(=O)N1CCN(c2ccnc(Nc3nc4ccc(-c5cn[nH]c5)nc4s3)c2)CC1. The molecular weight excluding hydrogens is 438 g/mol. The van der Waals surface area contributed by atoms with Gasteiger partial charge >= 0.3 is 0 Å². The number of H-pyrrole nitrogens is 1. The van der Waals surface area contributed by atoms with Gasteiger partial charge in [-0.05, 0) is 32.3 Å². The highest BCUT2D eigenvalue weighted by atomic mass is 32.1. The van der Waals surface area contributed by atoms with Gasteiger partial charge in [-0.15, -0.1) is 0 Å². The third-order valence-corrected chi connectivity index (χ3v) is 6.36. The van der Waals surface area contributed by atoms with Gasteiger partial charge in [0.05, 0.1) is 18.4 Å². The molecule has 0 aliphatic carbocycles. The fourth-order valence-electron chi connectivity index (χ4n) is 3.80. The van der Waals surface area contributed by atoms with Crippen LogP contribution in [0.2, 0.25) is 0 Å². The Balaban J connectivity index is 1.26. The number of likely N-dealkylation sites (N-methyl/N-ethyl adjacent to an activating group) is 1. The Morgan fingerprint density at radius 3 is 2.79 bits per heavy atom. The number of piperazine rings is 1. The number of rotatable bonds is 6. The van der Waals surface area contributed by atoms with Crippen molar-refractivity contribution in [3.05, 3.63) is 42.9 Å². The first-order valence-electron chi connectivity index (χ1n) is 10.7. The zero-order valence-electron chi connectivity index (χ0n) is 18.5. The molecule has 11 heteroatoms. The Hall–Kier alpha value is -3.57. The number of pyridine rings is 2. The van der Waals surface area contributed by atoms with Crippen LogP contribution >= 0.6 is 11.3 Å². The van der Waals surface area contributed by atoms with Crippen LogP contribution in [0.1, 0.15) is 0 Å². The fourth-order valence-corrected chi connectivity index (χ4v) is 4.65. The number of thiazole rings is 1. The minimum Gasteiger partial charge on any atom is -0.368 e. The maximum absolute atomic E-state index is 12.3. The van der Waals surface area contributed by atoms with E-state index in [1.165, 1.54) is 11.3 Å². The van der Waals surface area contributed by atoms with Crippen molar-refractivity contribution >= 4 is 44.2 Å². The first-order valence-corrected chi connectivity index (χ1v) is 11.5. The van der Waals surface area contributed by atoms with Crippen LogP contribution in [-0.4, -0.2) is 87.7 Å². The second kappa shape index (κ2) is 9.12. The maximum atomic E-state index is 12.3. The number of nitrogens with zero attached hydrogens (tertiary/aromatic N) is 7. The Morgan fingerprint density at radius 1 is 1.18 bits per heavy atom.